The van der Waals surface area contributed by atoms with Gasteiger partial charge in [0.05, 0.1) is 7.11 Å². The van der Waals surface area contributed by atoms with Crippen LogP contribution in [-0.2, 0) is 16.4 Å². The van der Waals surface area contributed by atoms with Gasteiger partial charge in [0.15, 0.2) is 0 Å². The lowest BCUT2D eigenvalue weighted by molar-refractivity contribution is 0.0981. The molecule has 8 heteroatoms. The molecule has 3 rings (SSSR count). The first-order valence-electron chi connectivity index (χ1n) is 9.54. The SMILES string of the molecule is CCN(CC)S(=O)(=O)c1cc(C(=O)N2c3ccc(Br)cc3CC2C)ccc1OC. The summed E-state index contributed by atoms with van der Waals surface area (Å²) in [7, 11) is -2.35. The highest BCUT2D eigenvalue weighted by atomic mass is 79.9. The fourth-order valence-electron chi connectivity index (χ4n) is 3.76. The van der Waals surface area contributed by atoms with Crippen molar-refractivity contribution in [3.05, 3.63) is 52.0 Å². The van der Waals surface area contributed by atoms with Crippen LogP contribution >= 0.6 is 15.9 Å². The van der Waals surface area contributed by atoms with Gasteiger partial charge in [0.25, 0.3) is 5.91 Å². The Morgan fingerprint density at radius 2 is 1.90 bits per heavy atom. The lowest BCUT2D eigenvalue weighted by Gasteiger charge is -2.24. The molecule has 1 unspecified atom stereocenters. The number of sulfonamides is 1. The summed E-state index contributed by atoms with van der Waals surface area (Å²) < 4.78 is 33.8. The predicted octanol–water partition coefficient (Wildman–Crippen LogP) is 4.08. The minimum Gasteiger partial charge on any atom is -0.495 e. The fourth-order valence-corrected chi connectivity index (χ4v) is 5.81. The first-order valence-corrected chi connectivity index (χ1v) is 11.8. The van der Waals surface area contributed by atoms with Gasteiger partial charge in [0, 0.05) is 34.9 Å². The van der Waals surface area contributed by atoms with Crippen LogP contribution in [0.25, 0.3) is 0 Å². The van der Waals surface area contributed by atoms with E-state index in [2.05, 4.69) is 15.9 Å². The van der Waals surface area contributed by atoms with Crippen LogP contribution in [0.4, 0.5) is 5.69 Å². The van der Waals surface area contributed by atoms with Gasteiger partial charge in [-0.3, -0.25) is 4.79 Å². The second-order valence-corrected chi connectivity index (χ2v) is 9.78. The summed E-state index contributed by atoms with van der Waals surface area (Å²) in [6, 6.07) is 10.4. The molecule has 1 aliphatic heterocycles. The molecule has 0 bridgehead atoms. The molecule has 1 atom stereocenters. The molecule has 1 amide bonds. The third kappa shape index (κ3) is 3.93. The third-order valence-electron chi connectivity index (χ3n) is 5.21. The summed E-state index contributed by atoms with van der Waals surface area (Å²) in [6.07, 6.45) is 0.751. The van der Waals surface area contributed by atoms with Gasteiger partial charge in [-0.1, -0.05) is 29.8 Å². The van der Waals surface area contributed by atoms with Crippen LogP contribution in [0.15, 0.2) is 45.8 Å². The molecule has 1 heterocycles. The van der Waals surface area contributed by atoms with Crippen molar-refractivity contribution in [2.45, 2.75) is 38.1 Å². The van der Waals surface area contributed by atoms with Crippen molar-refractivity contribution in [2.24, 2.45) is 0 Å². The topological polar surface area (TPSA) is 66.9 Å². The lowest BCUT2D eigenvalue weighted by atomic mass is 10.1. The Kier molecular flexibility index (Phi) is 6.36. The number of ether oxygens (including phenoxy) is 1. The van der Waals surface area contributed by atoms with Crippen molar-refractivity contribution in [1.82, 2.24) is 4.31 Å². The minimum absolute atomic E-state index is 0.0115. The van der Waals surface area contributed by atoms with Gasteiger partial charge in [-0.25, -0.2) is 8.42 Å². The Balaban J connectivity index is 2.06. The molecule has 2 aromatic rings. The van der Waals surface area contributed by atoms with Crippen LogP contribution in [0.5, 0.6) is 5.75 Å². The van der Waals surface area contributed by atoms with Crippen LogP contribution in [0.2, 0.25) is 0 Å². The quantitative estimate of drug-likeness (QED) is 0.624. The molecule has 0 radical (unpaired) electrons. The van der Waals surface area contributed by atoms with Gasteiger partial charge >= 0.3 is 0 Å². The number of hydrogen-bond acceptors (Lipinski definition) is 4. The van der Waals surface area contributed by atoms with Crippen LogP contribution in [-0.4, -0.2) is 44.9 Å². The van der Waals surface area contributed by atoms with Gasteiger partial charge in [-0.05, 0) is 55.3 Å². The van der Waals surface area contributed by atoms with E-state index in [1.165, 1.54) is 17.5 Å². The summed E-state index contributed by atoms with van der Waals surface area (Å²) in [5, 5.41) is 0. The van der Waals surface area contributed by atoms with E-state index in [4.69, 9.17) is 4.74 Å². The smallest absolute Gasteiger partial charge is 0.258 e. The molecular weight excluding hydrogens is 456 g/mol. The van der Waals surface area contributed by atoms with Crippen molar-refractivity contribution in [3.8, 4) is 5.75 Å². The zero-order valence-corrected chi connectivity index (χ0v) is 19.4. The average molecular weight is 481 g/mol. The maximum atomic E-state index is 13.4. The van der Waals surface area contributed by atoms with E-state index in [1.807, 2.05) is 25.1 Å². The van der Waals surface area contributed by atoms with E-state index in [0.29, 0.717) is 18.7 Å². The number of fused-ring (bicyclic) bond motifs is 1. The molecule has 0 aliphatic carbocycles. The second-order valence-electron chi connectivity index (χ2n) is 6.96. The summed E-state index contributed by atoms with van der Waals surface area (Å²) in [6.45, 7) is 6.23. The number of hydrogen-bond donors (Lipinski definition) is 0. The van der Waals surface area contributed by atoms with Gasteiger partial charge in [0.1, 0.15) is 10.6 Å². The number of rotatable bonds is 6. The molecule has 0 N–H and O–H groups in total. The highest BCUT2D eigenvalue weighted by Gasteiger charge is 2.33. The second kappa shape index (κ2) is 8.45. The number of nitrogens with zero attached hydrogens (tertiary/aromatic N) is 2. The monoisotopic (exact) mass is 480 g/mol. The van der Waals surface area contributed by atoms with Crippen molar-refractivity contribution < 1.29 is 17.9 Å². The first kappa shape index (κ1) is 21.8. The number of carbonyl (C=O) groups is 1. The summed E-state index contributed by atoms with van der Waals surface area (Å²) in [5.74, 6) is 0.00414. The summed E-state index contributed by atoms with van der Waals surface area (Å²) in [4.78, 5) is 15.1. The predicted molar refractivity (Wildman–Crippen MR) is 117 cm³/mol. The minimum atomic E-state index is -3.77. The standard InChI is InChI=1S/C21H25BrN2O4S/c1-5-23(6-2)29(26,27)20-13-15(7-10-19(20)28-4)21(25)24-14(3)11-16-12-17(22)8-9-18(16)24/h7-10,12-14H,5-6,11H2,1-4H3. The number of methoxy groups -OCH3 is 1. The van der Waals surface area contributed by atoms with Gasteiger partial charge < -0.3 is 9.64 Å². The number of anilines is 1. The molecule has 2 aromatic carbocycles. The van der Waals surface area contributed by atoms with Gasteiger partial charge in [-0.15, -0.1) is 0 Å². The molecule has 156 valence electrons. The Bertz CT molecular complexity index is 1030. The fraction of sp³-hybridized carbons (Fsp3) is 0.381. The molecule has 1 aliphatic rings. The molecule has 29 heavy (non-hydrogen) atoms. The molecule has 0 aromatic heterocycles. The molecule has 0 fully saturated rings. The Morgan fingerprint density at radius 1 is 1.21 bits per heavy atom. The molecule has 0 saturated heterocycles. The number of amides is 1. The zero-order chi connectivity index (χ0) is 21.3. The number of benzene rings is 2. The Morgan fingerprint density at radius 3 is 2.52 bits per heavy atom. The Hall–Kier alpha value is -1.90. The van der Waals surface area contributed by atoms with Gasteiger partial charge in [-0.2, -0.15) is 4.31 Å². The number of carbonyl (C=O) groups excluding carboxylic acids is 1. The maximum absolute atomic E-state index is 13.4. The number of halogens is 1. The largest absolute Gasteiger partial charge is 0.495 e. The zero-order valence-electron chi connectivity index (χ0n) is 17.0. The van der Waals surface area contributed by atoms with Crippen molar-refractivity contribution in [2.75, 3.05) is 25.1 Å². The van der Waals surface area contributed by atoms with Crippen molar-refractivity contribution in [3.63, 3.8) is 0 Å². The van der Waals surface area contributed by atoms with Crippen LogP contribution in [0.3, 0.4) is 0 Å². The van der Waals surface area contributed by atoms with Crippen LogP contribution < -0.4 is 9.64 Å². The molecular formula is C21H25BrN2O4S. The van der Waals surface area contributed by atoms with Crippen LogP contribution in [0, 0.1) is 0 Å². The van der Waals surface area contributed by atoms with E-state index in [-0.39, 0.29) is 22.6 Å². The lowest BCUT2D eigenvalue weighted by Crippen LogP contribution is -2.36. The normalized spacial score (nSPS) is 16.2. The van der Waals surface area contributed by atoms with E-state index < -0.39 is 10.0 Å². The third-order valence-corrected chi connectivity index (χ3v) is 7.77. The summed E-state index contributed by atoms with van der Waals surface area (Å²) in [5.41, 5.74) is 2.26. The Labute approximate surface area is 180 Å². The maximum Gasteiger partial charge on any atom is 0.258 e. The first-order chi connectivity index (χ1) is 13.7. The molecule has 0 saturated carbocycles. The highest BCUT2D eigenvalue weighted by Crippen LogP contribution is 2.36. The average Bonchev–Trinajstić information content (AvgIpc) is 3.02. The van der Waals surface area contributed by atoms with Gasteiger partial charge in [0.2, 0.25) is 10.0 Å². The van der Waals surface area contributed by atoms with E-state index in [9.17, 15) is 13.2 Å². The van der Waals surface area contributed by atoms with Crippen molar-refractivity contribution in [1.29, 1.82) is 0 Å². The molecule has 6 nitrogen and oxygen atoms in total. The van der Waals surface area contributed by atoms with E-state index in [0.717, 1.165) is 22.1 Å². The van der Waals surface area contributed by atoms with E-state index >= 15 is 0 Å². The van der Waals surface area contributed by atoms with Crippen LogP contribution in [0.1, 0.15) is 36.7 Å². The van der Waals surface area contributed by atoms with E-state index in [1.54, 1.807) is 30.9 Å². The summed E-state index contributed by atoms with van der Waals surface area (Å²) >= 11 is 3.47. The highest BCUT2D eigenvalue weighted by molar-refractivity contribution is 9.10. The van der Waals surface area contributed by atoms with Crippen molar-refractivity contribution >= 4 is 37.5 Å². The molecule has 0 spiro atoms.